The molecule has 0 saturated carbocycles. The lowest BCUT2D eigenvalue weighted by molar-refractivity contribution is -0.0511. The fourth-order valence-electron chi connectivity index (χ4n) is 1.35. The Morgan fingerprint density at radius 2 is 2.12 bits per heavy atom. The van der Waals surface area contributed by atoms with Crippen molar-refractivity contribution in [3.05, 3.63) is 12.1 Å². The van der Waals surface area contributed by atoms with Gasteiger partial charge in [-0.25, -0.2) is 4.98 Å². The Kier molecular flexibility index (Phi) is 2.86. The van der Waals surface area contributed by atoms with Crippen LogP contribution in [0.2, 0.25) is 0 Å². The first-order chi connectivity index (χ1) is 7.60. The summed E-state index contributed by atoms with van der Waals surface area (Å²) in [4.78, 5) is 6.83. The first-order valence-corrected chi connectivity index (χ1v) is 4.76. The number of thiol groups is 1. The molecule has 7 heteroatoms. The van der Waals surface area contributed by atoms with E-state index in [0.717, 1.165) is 0 Å². The number of hydrogen-bond acceptors (Lipinski definition) is 4. The van der Waals surface area contributed by atoms with Gasteiger partial charge in [-0.2, -0.15) is 8.78 Å². The van der Waals surface area contributed by atoms with Gasteiger partial charge in [0, 0.05) is 12.1 Å². The Hall–Kier alpha value is -1.50. The molecule has 0 aliphatic rings. The van der Waals surface area contributed by atoms with Crippen LogP contribution in [0.3, 0.4) is 0 Å². The number of imidazole rings is 1. The first kappa shape index (κ1) is 11.0. The molecule has 0 bridgehead atoms. The molecule has 0 aliphatic carbocycles. The lowest BCUT2D eigenvalue weighted by atomic mass is 10.3. The van der Waals surface area contributed by atoms with Gasteiger partial charge in [0.15, 0.2) is 16.7 Å². The molecule has 4 nitrogen and oxygen atoms in total. The average Bonchev–Trinajstić information content (AvgIpc) is 2.55. The minimum atomic E-state index is -2.90. The predicted molar refractivity (Wildman–Crippen MR) is 56.5 cm³/mol. The summed E-state index contributed by atoms with van der Waals surface area (Å²) in [6, 6.07) is 2.90. The van der Waals surface area contributed by atoms with Crippen molar-refractivity contribution in [2.75, 3.05) is 7.11 Å². The van der Waals surface area contributed by atoms with Gasteiger partial charge in [0.05, 0.1) is 18.1 Å². The molecule has 2 rings (SSSR count). The molecule has 86 valence electrons. The van der Waals surface area contributed by atoms with Crippen molar-refractivity contribution in [1.29, 1.82) is 0 Å². The van der Waals surface area contributed by atoms with Crippen LogP contribution in [0.4, 0.5) is 8.78 Å². The molecule has 0 aliphatic heterocycles. The van der Waals surface area contributed by atoms with Crippen LogP contribution in [0.5, 0.6) is 11.5 Å². The number of aromatic nitrogens is 2. The number of halogens is 2. The van der Waals surface area contributed by atoms with Crippen LogP contribution in [0.15, 0.2) is 17.3 Å². The standard InChI is InChI=1S/C9H8F2N2O2S/c1-14-6-2-4-5(13-9(16)12-4)3-7(6)15-8(10)11/h2-3,8H,1H3,(H2,12,13,16). The van der Waals surface area contributed by atoms with Gasteiger partial charge in [0.2, 0.25) is 0 Å². The van der Waals surface area contributed by atoms with Crippen LogP contribution in [-0.4, -0.2) is 23.7 Å². The van der Waals surface area contributed by atoms with Crippen LogP contribution in [0.1, 0.15) is 0 Å². The number of nitrogens with zero attached hydrogens (tertiary/aromatic N) is 1. The fourth-order valence-corrected chi connectivity index (χ4v) is 1.58. The molecule has 0 spiro atoms. The highest BCUT2D eigenvalue weighted by Crippen LogP contribution is 2.32. The lowest BCUT2D eigenvalue weighted by Crippen LogP contribution is -2.03. The molecule has 1 aromatic heterocycles. The van der Waals surface area contributed by atoms with Crippen LogP contribution in [0, 0.1) is 0 Å². The number of aromatic amines is 1. The second kappa shape index (κ2) is 4.17. The third-order valence-corrected chi connectivity index (χ3v) is 2.18. The molecule has 1 aromatic carbocycles. The minimum Gasteiger partial charge on any atom is -0.493 e. The zero-order valence-corrected chi connectivity index (χ0v) is 9.09. The van der Waals surface area contributed by atoms with Gasteiger partial charge in [0.25, 0.3) is 0 Å². The summed E-state index contributed by atoms with van der Waals surface area (Å²) in [5, 5.41) is 0.395. The first-order valence-electron chi connectivity index (χ1n) is 4.31. The van der Waals surface area contributed by atoms with Crippen LogP contribution < -0.4 is 9.47 Å². The summed E-state index contributed by atoms with van der Waals surface area (Å²) in [5.41, 5.74) is 1.13. The average molecular weight is 246 g/mol. The number of rotatable bonds is 3. The SMILES string of the molecule is COc1cc2[nH]c(S)nc2cc1OC(F)F. The van der Waals surface area contributed by atoms with E-state index in [4.69, 9.17) is 4.74 Å². The molecule has 0 atom stereocenters. The van der Waals surface area contributed by atoms with Gasteiger partial charge in [-0.15, -0.1) is 12.6 Å². The van der Waals surface area contributed by atoms with Crippen molar-refractivity contribution in [2.45, 2.75) is 11.8 Å². The summed E-state index contributed by atoms with van der Waals surface area (Å²) in [7, 11) is 1.37. The van der Waals surface area contributed by atoms with Crippen LogP contribution in [-0.2, 0) is 0 Å². The quantitative estimate of drug-likeness (QED) is 0.818. The van der Waals surface area contributed by atoms with E-state index >= 15 is 0 Å². The number of nitrogens with one attached hydrogen (secondary N) is 1. The molecule has 0 radical (unpaired) electrons. The van der Waals surface area contributed by atoms with E-state index < -0.39 is 6.61 Å². The van der Waals surface area contributed by atoms with E-state index in [1.807, 2.05) is 0 Å². The highest BCUT2D eigenvalue weighted by atomic mass is 32.1. The molecule has 0 fully saturated rings. The number of alkyl halides is 2. The summed E-state index contributed by atoms with van der Waals surface area (Å²) < 4.78 is 33.5. The van der Waals surface area contributed by atoms with Crippen molar-refractivity contribution < 1.29 is 18.3 Å². The maximum Gasteiger partial charge on any atom is 0.387 e. The number of fused-ring (bicyclic) bond motifs is 1. The molecule has 2 aromatic rings. The highest BCUT2D eigenvalue weighted by molar-refractivity contribution is 7.80. The van der Waals surface area contributed by atoms with Crippen molar-refractivity contribution in [3.63, 3.8) is 0 Å². The second-order valence-electron chi connectivity index (χ2n) is 2.96. The highest BCUT2D eigenvalue weighted by Gasteiger charge is 2.13. The normalized spacial score (nSPS) is 11.1. The summed E-state index contributed by atoms with van der Waals surface area (Å²) in [6.45, 7) is -2.90. The lowest BCUT2D eigenvalue weighted by Gasteiger charge is -2.09. The zero-order chi connectivity index (χ0) is 11.7. The Balaban J connectivity index is 2.53. The monoisotopic (exact) mass is 246 g/mol. The zero-order valence-electron chi connectivity index (χ0n) is 8.20. The number of benzene rings is 1. The molecular weight excluding hydrogens is 238 g/mol. The largest absolute Gasteiger partial charge is 0.493 e. The molecule has 0 unspecified atom stereocenters. The Morgan fingerprint density at radius 3 is 2.75 bits per heavy atom. The van der Waals surface area contributed by atoms with Gasteiger partial charge in [-0.3, -0.25) is 0 Å². The second-order valence-corrected chi connectivity index (χ2v) is 3.38. The molecule has 0 saturated heterocycles. The maximum atomic E-state index is 12.1. The van der Waals surface area contributed by atoms with Crippen molar-refractivity contribution in [1.82, 2.24) is 9.97 Å². The van der Waals surface area contributed by atoms with Crippen molar-refractivity contribution >= 4 is 23.7 Å². The topological polar surface area (TPSA) is 47.1 Å². The Labute approximate surface area is 95.0 Å². The molecular formula is C9H8F2N2O2S. The fraction of sp³-hybridized carbons (Fsp3) is 0.222. The Bertz CT molecular complexity index is 515. The van der Waals surface area contributed by atoms with Gasteiger partial charge in [0.1, 0.15) is 0 Å². The Morgan fingerprint density at radius 1 is 1.38 bits per heavy atom. The maximum absolute atomic E-state index is 12.1. The van der Waals surface area contributed by atoms with Gasteiger partial charge < -0.3 is 14.5 Å². The third-order valence-electron chi connectivity index (χ3n) is 1.97. The van der Waals surface area contributed by atoms with E-state index in [0.29, 0.717) is 16.2 Å². The van der Waals surface area contributed by atoms with E-state index in [1.165, 1.54) is 19.2 Å². The van der Waals surface area contributed by atoms with E-state index in [1.54, 1.807) is 0 Å². The van der Waals surface area contributed by atoms with Gasteiger partial charge in [-0.05, 0) is 0 Å². The minimum absolute atomic E-state index is 0.0511. The van der Waals surface area contributed by atoms with E-state index in [9.17, 15) is 8.78 Å². The van der Waals surface area contributed by atoms with E-state index in [-0.39, 0.29) is 11.5 Å². The summed E-state index contributed by atoms with van der Waals surface area (Å²) in [6.07, 6.45) is 0. The summed E-state index contributed by atoms with van der Waals surface area (Å²) in [5.74, 6) is 0.162. The third kappa shape index (κ3) is 2.04. The van der Waals surface area contributed by atoms with Gasteiger partial charge in [-0.1, -0.05) is 0 Å². The number of ether oxygens (including phenoxy) is 2. The van der Waals surface area contributed by atoms with Crippen molar-refractivity contribution in [3.8, 4) is 11.5 Å². The van der Waals surface area contributed by atoms with Crippen LogP contribution >= 0.6 is 12.6 Å². The number of H-pyrrole nitrogens is 1. The summed E-state index contributed by atoms with van der Waals surface area (Å²) >= 11 is 4.01. The van der Waals surface area contributed by atoms with Crippen molar-refractivity contribution in [2.24, 2.45) is 0 Å². The number of hydrogen-bond donors (Lipinski definition) is 2. The van der Waals surface area contributed by atoms with Crippen LogP contribution in [0.25, 0.3) is 11.0 Å². The van der Waals surface area contributed by atoms with E-state index in [2.05, 4.69) is 27.3 Å². The van der Waals surface area contributed by atoms with Gasteiger partial charge >= 0.3 is 6.61 Å². The predicted octanol–water partition coefficient (Wildman–Crippen LogP) is 2.46. The molecule has 0 amide bonds. The molecule has 1 heterocycles. The molecule has 1 N–H and O–H groups in total. The smallest absolute Gasteiger partial charge is 0.387 e. The number of methoxy groups -OCH3 is 1. The molecule has 16 heavy (non-hydrogen) atoms.